The number of ether oxygens (including phenoxy) is 1. The van der Waals surface area contributed by atoms with Crippen molar-refractivity contribution < 1.29 is 13.9 Å². The normalized spacial score (nSPS) is 21.4. The average Bonchev–Trinajstić information content (AvgIpc) is 2.78. The highest BCUT2D eigenvalue weighted by Gasteiger charge is 2.38. The third-order valence-corrected chi connectivity index (χ3v) is 5.24. The number of hydrogen-bond acceptors (Lipinski definition) is 4. The summed E-state index contributed by atoms with van der Waals surface area (Å²) in [4.78, 5) is 15.8. The summed E-state index contributed by atoms with van der Waals surface area (Å²) in [5.41, 5.74) is 5.98. The number of rotatable bonds is 2. The minimum absolute atomic E-state index is 0.0387. The van der Waals surface area contributed by atoms with Crippen molar-refractivity contribution >= 4 is 40.1 Å². The highest BCUT2D eigenvalue weighted by Crippen LogP contribution is 2.34. The topological polar surface area (TPSA) is 58.8 Å². The van der Waals surface area contributed by atoms with Crippen LogP contribution in [0.2, 0.25) is 0 Å². The summed E-state index contributed by atoms with van der Waals surface area (Å²) in [6, 6.07) is 4.66. The summed E-state index contributed by atoms with van der Waals surface area (Å²) in [7, 11) is 1.73. The molecular weight excluding hydrogens is 412 g/mol. The number of nitrogens with two attached hydrogens (primary N) is 1. The first-order valence-corrected chi connectivity index (χ1v) is 8.76. The molecule has 1 aromatic rings. The van der Waals surface area contributed by atoms with Gasteiger partial charge < -0.3 is 20.3 Å². The molecule has 7 heteroatoms. The summed E-state index contributed by atoms with van der Waals surface area (Å²) >= 11 is 2.25. The summed E-state index contributed by atoms with van der Waals surface area (Å²) in [6.07, 6.45) is 0.400. The van der Waals surface area contributed by atoms with Gasteiger partial charge in [0.1, 0.15) is 15.5 Å². The number of halogens is 2. The fraction of sp³-hybridized carbons (Fsp3) is 0.562. The van der Waals surface area contributed by atoms with Crippen LogP contribution in [0.15, 0.2) is 18.2 Å². The van der Waals surface area contributed by atoms with Gasteiger partial charge in [-0.15, -0.1) is 0 Å². The molecule has 2 N–H and O–H groups in total. The Kier molecular flexibility index (Phi) is 5.27. The molecule has 5 nitrogen and oxygen atoms in total. The van der Waals surface area contributed by atoms with Gasteiger partial charge in [0.05, 0.1) is 11.7 Å². The summed E-state index contributed by atoms with van der Waals surface area (Å²) in [5, 5.41) is 0. The summed E-state index contributed by atoms with van der Waals surface area (Å²) in [6.45, 7) is 6.19. The monoisotopic (exact) mass is 435 g/mol. The van der Waals surface area contributed by atoms with Gasteiger partial charge in [-0.2, -0.15) is 0 Å². The number of carbonyl (C=O) groups excluding carboxylic acids is 1. The Hall–Kier alpha value is -1.25. The first-order valence-electron chi connectivity index (χ1n) is 7.51. The predicted octanol–water partition coefficient (Wildman–Crippen LogP) is 3.61. The van der Waals surface area contributed by atoms with Crippen LogP contribution in [0.1, 0.15) is 27.2 Å². The molecule has 1 amide bonds. The standard InChI is InChI=1S/C16H23FIN3O2/c1-16(2,3)23-15(22)20(4)13-7-8-21(14(13)18)12-6-5-10(19)9-11(12)17/h5-6,9,13-14H,7-8,19H2,1-4H3. The van der Waals surface area contributed by atoms with Gasteiger partial charge in [-0.25, -0.2) is 9.18 Å². The first kappa shape index (κ1) is 18.1. The van der Waals surface area contributed by atoms with Crippen molar-refractivity contribution in [2.45, 2.75) is 42.9 Å². The van der Waals surface area contributed by atoms with Gasteiger partial charge >= 0.3 is 6.09 Å². The zero-order valence-electron chi connectivity index (χ0n) is 13.8. The van der Waals surface area contributed by atoms with E-state index in [0.29, 0.717) is 17.9 Å². The SMILES string of the molecule is CN(C(=O)OC(C)(C)C)C1CCN(c2ccc(N)cc2F)C1I. The van der Waals surface area contributed by atoms with E-state index in [-0.39, 0.29) is 22.0 Å². The number of benzene rings is 1. The Bertz CT molecular complexity index is 591. The number of hydrogen-bond donors (Lipinski definition) is 1. The van der Waals surface area contributed by atoms with Crippen molar-refractivity contribution in [3.8, 4) is 0 Å². The molecule has 23 heavy (non-hydrogen) atoms. The van der Waals surface area contributed by atoms with Gasteiger partial charge in [0.25, 0.3) is 0 Å². The lowest BCUT2D eigenvalue weighted by molar-refractivity contribution is 0.0234. The molecule has 128 valence electrons. The van der Waals surface area contributed by atoms with Gasteiger partial charge in [0, 0.05) is 19.3 Å². The first-order chi connectivity index (χ1) is 10.6. The van der Waals surface area contributed by atoms with Crippen molar-refractivity contribution in [1.82, 2.24) is 4.90 Å². The Balaban J connectivity index is 2.12. The highest BCUT2D eigenvalue weighted by atomic mass is 127. The van der Waals surface area contributed by atoms with Gasteiger partial charge in [-0.1, -0.05) is 22.6 Å². The summed E-state index contributed by atoms with van der Waals surface area (Å²) in [5.74, 6) is -0.341. The maximum absolute atomic E-state index is 14.2. The number of likely N-dealkylation sites (N-methyl/N-ethyl adjacent to an activating group) is 1. The number of amides is 1. The van der Waals surface area contributed by atoms with Crippen LogP contribution in [0.4, 0.5) is 20.6 Å². The van der Waals surface area contributed by atoms with Crippen LogP contribution in [0, 0.1) is 5.82 Å². The molecule has 1 aliphatic heterocycles. The molecule has 0 aliphatic carbocycles. The third-order valence-electron chi connectivity index (χ3n) is 3.74. The van der Waals surface area contributed by atoms with Crippen LogP contribution in [0.3, 0.4) is 0 Å². The van der Waals surface area contributed by atoms with E-state index < -0.39 is 5.60 Å². The Morgan fingerprint density at radius 1 is 1.48 bits per heavy atom. The molecule has 2 unspecified atom stereocenters. The van der Waals surface area contributed by atoms with Crippen molar-refractivity contribution in [3.63, 3.8) is 0 Å². The lowest BCUT2D eigenvalue weighted by Gasteiger charge is -2.32. The van der Waals surface area contributed by atoms with E-state index in [1.165, 1.54) is 6.07 Å². The maximum atomic E-state index is 14.2. The van der Waals surface area contributed by atoms with E-state index in [2.05, 4.69) is 22.6 Å². The van der Waals surface area contributed by atoms with E-state index in [0.717, 1.165) is 6.42 Å². The molecular formula is C16H23FIN3O2. The maximum Gasteiger partial charge on any atom is 0.410 e. The molecule has 2 rings (SSSR count). The van der Waals surface area contributed by atoms with Gasteiger partial charge in [-0.05, 0) is 45.4 Å². The molecule has 1 heterocycles. The third kappa shape index (κ3) is 4.19. The molecule has 1 fully saturated rings. The Morgan fingerprint density at radius 3 is 2.70 bits per heavy atom. The Labute approximate surface area is 150 Å². The second-order valence-electron chi connectivity index (χ2n) is 6.72. The number of anilines is 2. The predicted molar refractivity (Wildman–Crippen MR) is 98.4 cm³/mol. The molecule has 0 radical (unpaired) electrons. The fourth-order valence-corrected chi connectivity index (χ4v) is 4.02. The van der Waals surface area contributed by atoms with E-state index in [1.54, 1.807) is 24.1 Å². The number of nitrogens with zero attached hydrogens (tertiary/aromatic N) is 2. The number of carbonyl (C=O) groups is 1. The highest BCUT2D eigenvalue weighted by molar-refractivity contribution is 14.1. The second kappa shape index (κ2) is 6.70. The largest absolute Gasteiger partial charge is 0.444 e. The number of alkyl halides is 1. The van der Waals surface area contributed by atoms with E-state index in [4.69, 9.17) is 10.5 Å². The Morgan fingerprint density at radius 2 is 2.13 bits per heavy atom. The lowest BCUT2D eigenvalue weighted by atomic mass is 10.2. The second-order valence-corrected chi connectivity index (χ2v) is 8.00. The van der Waals surface area contributed by atoms with Crippen molar-refractivity contribution in [3.05, 3.63) is 24.0 Å². The summed E-state index contributed by atoms with van der Waals surface area (Å²) < 4.78 is 19.5. The smallest absolute Gasteiger partial charge is 0.410 e. The van der Waals surface area contributed by atoms with Crippen molar-refractivity contribution in [2.24, 2.45) is 0 Å². The molecule has 0 saturated carbocycles. The fourth-order valence-electron chi connectivity index (χ4n) is 2.60. The van der Waals surface area contributed by atoms with Crippen LogP contribution >= 0.6 is 22.6 Å². The van der Waals surface area contributed by atoms with Crippen molar-refractivity contribution in [2.75, 3.05) is 24.2 Å². The minimum Gasteiger partial charge on any atom is -0.444 e. The molecule has 1 aliphatic rings. The quantitative estimate of drug-likeness (QED) is 0.334. The zero-order chi connectivity index (χ0) is 17.4. The van der Waals surface area contributed by atoms with Gasteiger partial charge in [-0.3, -0.25) is 0 Å². The van der Waals surface area contributed by atoms with Crippen LogP contribution in [0.25, 0.3) is 0 Å². The van der Waals surface area contributed by atoms with E-state index >= 15 is 0 Å². The molecule has 0 spiro atoms. The molecule has 0 bridgehead atoms. The molecule has 1 saturated heterocycles. The molecule has 1 aromatic carbocycles. The zero-order valence-corrected chi connectivity index (χ0v) is 16.0. The van der Waals surface area contributed by atoms with Crippen LogP contribution in [-0.4, -0.2) is 40.3 Å². The van der Waals surface area contributed by atoms with Crippen LogP contribution in [-0.2, 0) is 4.74 Å². The van der Waals surface area contributed by atoms with E-state index in [1.807, 2.05) is 25.7 Å². The molecule has 0 aromatic heterocycles. The molecule has 2 atom stereocenters. The van der Waals surface area contributed by atoms with Gasteiger partial charge in [0.15, 0.2) is 0 Å². The van der Waals surface area contributed by atoms with Gasteiger partial charge in [0.2, 0.25) is 0 Å². The lowest BCUT2D eigenvalue weighted by Crippen LogP contribution is -2.45. The van der Waals surface area contributed by atoms with Crippen LogP contribution < -0.4 is 10.6 Å². The average molecular weight is 435 g/mol. The van der Waals surface area contributed by atoms with Crippen LogP contribution in [0.5, 0.6) is 0 Å². The minimum atomic E-state index is -0.534. The number of nitrogen functional groups attached to an aromatic ring is 1. The van der Waals surface area contributed by atoms with Crippen molar-refractivity contribution in [1.29, 1.82) is 0 Å². The van der Waals surface area contributed by atoms with E-state index in [9.17, 15) is 9.18 Å².